The van der Waals surface area contributed by atoms with Gasteiger partial charge in [-0.2, -0.15) is 13.9 Å². The number of hydrogen-bond acceptors (Lipinski definition) is 3. The first-order chi connectivity index (χ1) is 12.6. The van der Waals surface area contributed by atoms with Gasteiger partial charge in [0.2, 0.25) is 0 Å². The minimum atomic E-state index is -2.87. The molecule has 0 aliphatic heterocycles. The smallest absolute Gasteiger partial charge is 0.387 e. The topological polar surface area (TPSA) is 63.5 Å². The zero-order valence-corrected chi connectivity index (χ0v) is 16.0. The molecule has 0 unspecified atom stereocenters. The van der Waals surface area contributed by atoms with Crippen LogP contribution in [0.5, 0.6) is 5.75 Å². The summed E-state index contributed by atoms with van der Waals surface area (Å²) >= 11 is 3.34. The molecule has 6 nitrogen and oxygen atoms in total. The summed E-state index contributed by atoms with van der Waals surface area (Å²) in [6.45, 7) is 1.53. The molecule has 0 amide bonds. The van der Waals surface area contributed by atoms with Crippen LogP contribution >= 0.6 is 15.9 Å². The van der Waals surface area contributed by atoms with Crippen molar-refractivity contribution in [2.75, 3.05) is 13.1 Å². The summed E-state index contributed by atoms with van der Waals surface area (Å²) in [5.74, 6) is 0.748. The van der Waals surface area contributed by atoms with Crippen LogP contribution in [0.1, 0.15) is 18.9 Å². The second-order valence-electron chi connectivity index (χ2n) is 5.38. The van der Waals surface area contributed by atoms with Crippen LogP contribution in [0.15, 0.2) is 46.1 Å². The largest absolute Gasteiger partial charge is 0.434 e. The highest BCUT2D eigenvalue weighted by Gasteiger charge is 2.10. The van der Waals surface area contributed by atoms with Gasteiger partial charge in [0.25, 0.3) is 0 Å². The molecule has 1 aromatic carbocycles. The van der Waals surface area contributed by atoms with Gasteiger partial charge in [-0.05, 0) is 37.6 Å². The number of nitrogens with one attached hydrogen (secondary N) is 2. The van der Waals surface area contributed by atoms with Gasteiger partial charge in [0.05, 0.1) is 6.54 Å². The molecule has 26 heavy (non-hydrogen) atoms. The fourth-order valence-electron chi connectivity index (χ4n) is 2.27. The maximum atomic E-state index is 12.5. The Balaban J connectivity index is 1.93. The number of nitrogens with zero attached hydrogens (tertiary/aromatic N) is 3. The number of benzene rings is 1. The van der Waals surface area contributed by atoms with Gasteiger partial charge in [0, 0.05) is 42.1 Å². The van der Waals surface area contributed by atoms with Gasteiger partial charge in [-0.25, -0.2) is 4.99 Å². The van der Waals surface area contributed by atoms with E-state index in [0.717, 1.165) is 17.4 Å². The van der Waals surface area contributed by atoms with Crippen molar-refractivity contribution in [1.82, 2.24) is 20.4 Å². The van der Waals surface area contributed by atoms with Crippen LogP contribution in [0.4, 0.5) is 8.78 Å². The van der Waals surface area contributed by atoms with Crippen LogP contribution in [0.3, 0.4) is 0 Å². The molecule has 0 saturated carbocycles. The molecule has 2 N–H and O–H groups in total. The molecule has 0 atom stereocenters. The van der Waals surface area contributed by atoms with Crippen molar-refractivity contribution in [2.45, 2.75) is 33.0 Å². The first-order valence-corrected chi connectivity index (χ1v) is 9.10. The standard InChI is InChI=1S/C17H22BrF2N5O/c1-2-21-17(22-7-3-9-25-10-4-8-24-25)23-12-13-11-14(18)5-6-15(13)26-16(19)20/h4-6,8,10-11,16H,2-3,7,9,12H2,1H3,(H2,21,22,23). The number of hydrogen-bond donors (Lipinski definition) is 2. The predicted octanol–water partition coefficient (Wildman–Crippen LogP) is 3.39. The number of aliphatic imine (C=N–C) groups is 1. The number of aromatic nitrogens is 2. The molecule has 2 rings (SSSR count). The predicted molar refractivity (Wildman–Crippen MR) is 100 cm³/mol. The van der Waals surface area contributed by atoms with E-state index in [2.05, 4.69) is 41.4 Å². The molecule has 0 fully saturated rings. The van der Waals surface area contributed by atoms with Gasteiger partial charge in [-0.3, -0.25) is 4.68 Å². The van der Waals surface area contributed by atoms with Crippen molar-refractivity contribution in [2.24, 2.45) is 4.99 Å². The van der Waals surface area contributed by atoms with Crippen LogP contribution in [0.25, 0.3) is 0 Å². The lowest BCUT2D eigenvalue weighted by Crippen LogP contribution is -2.38. The van der Waals surface area contributed by atoms with Crippen LogP contribution in [-0.2, 0) is 13.1 Å². The van der Waals surface area contributed by atoms with Crippen molar-refractivity contribution >= 4 is 21.9 Å². The van der Waals surface area contributed by atoms with E-state index in [4.69, 9.17) is 0 Å². The van der Waals surface area contributed by atoms with E-state index in [1.165, 1.54) is 6.07 Å². The molecular formula is C17H22BrF2N5O. The molecule has 1 aromatic heterocycles. The molecule has 0 aliphatic rings. The van der Waals surface area contributed by atoms with Gasteiger partial charge >= 0.3 is 6.61 Å². The van der Waals surface area contributed by atoms with E-state index in [1.807, 2.05) is 23.9 Å². The Morgan fingerprint density at radius 2 is 2.23 bits per heavy atom. The summed E-state index contributed by atoms with van der Waals surface area (Å²) in [6, 6.07) is 6.77. The first kappa shape index (κ1) is 20.2. The molecule has 142 valence electrons. The van der Waals surface area contributed by atoms with E-state index in [1.54, 1.807) is 18.3 Å². The van der Waals surface area contributed by atoms with Crippen molar-refractivity contribution in [3.63, 3.8) is 0 Å². The number of halogens is 3. The van der Waals surface area contributed by atoms with Gasteiger partial charge < -0.3 is 15.4 Å². The summed E-state index contributed by atoms with van der Waals surface area (Å²) in [5.41, 5.74) is 0.577. The lowest BCUT2D eigenvalue weighted by molar-refractivity contribution is -0.0504. The molecule has 0 saturated heterocycles. The molecular weight excluding hydrogens is 408 g/mol. The molecule has 2 aromatic rings. The number of alkyl halides is 2. The SMILES string of the molecule is CCNC(=NCc1cc(Br)ccc1OC(F)F)NCCCn1cccn1. The van der Waals surface area contributed by atoms with E-state index in [0.29, 0.717) is 24.6 Å². The van der Waals surface area contributed by atoms with Gasteiger partial charge in [-0.15, -0.1) is 0 Å². The second kappa shape index (κ2) is 10.7. The van der Waals surface area contributed by atoms with Gasteiger partial charge in [-0.1, -0.05) is 15.9 Å². The van der Waals surface area contributed by atoms with Crippen LogP contribution < -0.4 is 15.4 Å². The van der Waals surface area contributed by atoms with Crippen molar-refractivity contribution in [1.29, 1.82) is 0 Å². The molecule has 9 heteroatoms. The highest BCUT2D eigenvalue weighted by atomic mass is 79.9. The van der Waals surface area contributed by atoms with Crippen molar-refractivity contribution in [3.05, 3.63) is 46.7 Å². The lowest BCUT2D eigenvalue weighted by atomic mass is 10.2. The third kappa shape index (κ3) is 6.99. The Hall–Kier alpha value is -2.16. The maximum Gasteiger partial charge on any atom is 0.387 e. The zero-order valence-electron chi connectivity index (χ0n) is 14.5. The third-order valence-electron chi connectivity index (χ3n) is 3.41. The first-order valence-electron chi connectivity index (χ1n) is 8.31. The summed E-state index contributed by atoms with van der Waals surface area (Å²) in [5, 5.41) is 10.5. The van der Waals surface area contributed by atoms with E-state index in [-0.39, 0.29) is 12.3 Å². The molecule has 0 spiro atoms. The van der Waals surface area contributed by atoms with Crippen molar-refractivity contribution in [3.8, 4) is 5.75 Å². The molecule has 0 aliphatic carbocycles. The van der Waals surface area contributed by atoms with Crippen molar-refractivity contribution < 1.29 is 13.5 Å². The molecule has 0 radical (unpaired) electrons. The number of ether oxygens (including phenoxy) is 1. The fraction of sp³-hybridized carbons (Fsp3) is 0.412. The van der Waals surface area contributed by atoms with E-state index in [9.17, 15) is 8.78 Å². The number of guanidine groups is 1. The van der Waals surface area contributed by atoms with Crippen LogP contribution in [0.2, 0.25) is 0 Å². The third-order valence-corrected chi connectivity index (χ3v) is 3.90. The van der Waals surface area contributed by atoms with E-state index < -0.39 is 6.61 Å². The molecule has 0 bridgehead atoms. The fourth-order valence-corrected chi connectivity index (χ4v) is 2.68. The monoisotopic (exact) mass is 429 g/mol. The summed E-state index contributed by atoms with van der Waals surface area (Å²) in [4.78, 5) is 4.45. The maximum absolute atomic E-state index is 12.5. The summed E-state index contributed by atoms with van der Waals surface area (Å²) in [6.07, 6.45) is 4.54. The normalized spacial score (nSPS) is 11.7. The minimum Gasteiger partial charge on any atom is -0.434 e. The Morgan fingerprint density at radius 3 is 2.92 bits per heavy atom. The number of rotatable bonds is 9. The highest BCUT2D eigenvalue weighted by molar-refractivity contribution is 9.10. The van der Waals surface area contributed by atoms with Crippen LogP contribution in [-0.4, -0.2) is 35.4 Å². The lowest BCUT2D eigenvalue weighted by Gasteiger charge is -2.13. The Labute approximate surface area is 159 Å². The Kier molecular flexibility index (Phi) is 8.33. The summed E-state index contributed by atoms with van der Waals surface area (Å²) < 4.78 is 32.3. The quantitative estimate of drug-likeness (QED) is 0.364. The summed E-state index contributed by atoms with van der Waals surface area (Å²) in [7, 11) is 0. The minimum absolute atomic E-state index is 0.126. The van der Waals surface area contributed by atoms with Gasteiger partial charge in [0.1, 0.15) is 5.75 Å². The highest BCUT2D eigenvalue weighted by Crippen LogP contribution is 2.25. The van der Waals surface area contributed by atoms with Crippen LogP contribution in [0, 0.1) is 0 Å². The van der Waals surface area contributed by atoms with Gasteiger partial charge in [0.15, 0.2) is 5.96 Å². The average molecular weight is 430 g/mol. The Bertz CT molecular complexity index is 694. The molecule has 1 heterocycles. The average Bonchev–Trinajstić information content (AvgIpc) is 3.11. The Morgan fingerprint density at radius 1 is 1.38 bits per heavy atom. The number of aryl methyl sites for hydroxylation is 1. The second-order valence-corrected chi connectivity index (χ2v) is 6.29. The van der Waals surface area contributed by atoms with E-state index >= 15 is 0 Å². The zero-order chi connectivity index (χ0) is 18.8.